The predicted octanol–water partition coefficient (Wildman–Crippen LogP) is 3.94. The Kier molecular flexibility index (Phi) is 5.78. The molecule has 3 rings (SSSR count). The van der Waals surface area contributed by atoms with Crippen LogP contribution in [-0.2, 0) is 4.79 Å². The molecule has 1 amide bonds. The van der Waals surface area contributed by atoms with Gasteiger partial charge in [0.25, 0.3) is 0 Å². The summed E-state index contributed by atoms with van der Waals surface area (Å²) in [5, 5.41) is 8.98. The number of anilines is 1. The van der Waals surface area contributed by atoms with Crippen LogP contribution in [0.4, 0.5) is 5.69 Å². The quantitative estimate of drug-likeness (QED) is 0.769. The van der Waals surface area contributed by atoms with E-state index in [-0.39, 0.29) is 5.92 Å². The molecule has 0 N–H and O–H groups in total. The van der Waals surface area contributed by atoms with Crippen molar-refractivity contribution < 1.29 is 4.79 Å². The summed E-state index contributed by atoms with van der Waals surface area (Å²) in [7, 11) is 0. The highest BCUT2D eigenvalue weighted by atomic mass is 79.9. The SMILES string of the molecule is N#Cc1ccc(N2CCC(C(=O)N3CCCCCC3)CC2)c(Br)c1. The smallest absolute Gasteiger partial charge is 0.225 e. The molecule has 0 saturated carbocycles. The number of halogens is 1. The number of nitriles is 1. The highest BCUT2D eigenvalue weighted by Crippen LogP contribution is 2.31. The Hall–Kier alpha value is -1.54. The Morgan fingerprint density at radius 2 is 1.75 bits per heavy atom. The van der Waals surface area contributed by atoms with Crippen molar-refractivity contribution in [3.05, 3.63) is 28.2 Å². The van der Waals surface area contributed by atoms with Crippen LogP contribution in [0.25, 0.3) is 0 Å². The molecular weight excluding hydrogens is 366 g/mol. The Labute approximate surface area is 152 Å². The van der Waals surface area contributed by atoms with Gasteiger partial charge >= 0.3 is 0 Å². The third kappa shape index (κ3) is 3.92. The molecule has 0 bridgehead atoms. The maximum absolute atomic E-state index is 12.8. The minimum absolute atomic E-state index is 0.177. The summed E-state index contributed by atoms with van der Waals surface area (Å²) < 4.78 is 0.957. The number of carbonyl (C=O) groups excluding carboxylic acids is 1. The number of rotatable bonds is 2. The Bertz CT molecular complexity index is 624. The van der Waals surface area contributed by atoms with Crippen LogP contribution in [0, 0.1) is 17.2 Å². The van der Waals surface area contributed by atoms with E-state index in [2.05, 4.69) is 31.8 Å². The fraction of sp³-hybridized carbons (Fsp3) is 0.579. The standard InChI is InChI=1S/C19H24BrN3O/c20-17-13-15(14-21)5-6-18(17)22-11-7-16(8-12-22)19(24)23-9-3-1-2-4-10-23/h5-6,13,16H,1-4,7-12H2. The molecule has 0 aliphatic carbocycles. The molecule has 2 fully saturated rings. The zero-order valence-electron chi connectivity index (χ0n) is 14.0. The maximum atomic E-state index is 12.8. The van der Waals surface area contributed by atoms with Crippen molar-refractivity contribution in [3.8, 4) is 6.07 Å². The average Bonchev–Trinajstić information content (AvgIpc) is 2.90. The average molecular weight is 390 g/mol. The van der Waals surface area contributed by atoms with Crippen molar-refractivity contribution in [2.75, 3.05) is 31.1 Å². The van der Waals surface area contributed by atoms with E-state index in [4.69, 9.17) is 5.26 Å². The molecule has 0 aromatic heterocycles. The molecule has 2 aliphatic heterocycles. The summed E-state index contributed by atoms with van der Waals surface area (Å²) in [5.74, 6) is 0.548. The lowest BCUT2D eigenvalue weighted by Crippen LogP contribution is -2.43. The molecule has 0 radical (unpaired) electrons. The van der Waals surface area contributed by atoms with Crippen LogP contribution in [0.15, 0.2) is 22.7 Å². The molecule has 0 spiro atoms. The van der Waals surface area contributed by atoms with Gasteiger partial charge in [0.05, 0.1) is 17.3 Å². The van der Waals surface area contributed by atoms with Crippen LogP contribution in [0.5, 0.6) is 0 Å². The molecule has 1 aromatic rings. The summed E-state index contributed by atoms with van der Waals surface area (Å²) in [5.41, 5.74) is 1.78. The second-order valence-corrected chi connectivity index (χ2v) is 7.63. The van der Waals surface area contributed by atoms with Gasteiger partial charge in [-0.3, -0.25) is 4.79 Å². The van der Waals surface area contributed by atoms with E-state index in [9.17, 15) is 4.79 Å². The van der Waals surface area contributed by atoms with Crippen LogP contribution >= 0.6 is 15.9 Å². The van der Waals surface area contributed by atoms with Gasteiger partial charge in [0.1, 0.15) is 0 Å². The van der Waals surface area contributed by atoms with Crippen molar-refractivity contribution in [1.29, 1.82) is 5.26 Å². The third-order valence-corrected chi connectivity index (χ3v) is 5.81. The van der Waals surface area contributed by atoms with Crippen LogP contribution in [0.2, 0.25) is 0 Å². The van der Waals surface area contributed by atoms with Gasteiger partial charge in [0.15, 0.2) is 0 Å². The molecule has 5 heteroatoms. The van der Waals surface area contributed by atoms with Crippen LogP contribution in [0.3, 0.4) is 0 Å². The van der Waals surface area contributed by atoms with Crippen molar-refractivity contribution in [3.63, 3.8) is 0 Å². The lowest BCUT2D eigenvalue weighted by Gasteiger charge is -2.35. The molecule has 128 valence electrons. The predicted molar refractivity (Wildman–Crippen MR) is 98.8 cm³/mol. The van der Waals surface area contributed by atoms with Gasteiger partial charge in [-0.2, -0.15) is 5.26 Å². The van der Waals surface area contributed by atoms with Crippen LogP contribution < -0.4 is 4.90 Å². The lowest BCUT2D eigenvalue weighted by atomic mass is 9.94. The van der Waals surface area contributed by atoms with Gasteiger partial charge in [0.2, 0.25) is 5.91 Å². The molecule has 0 atom stereocenters. The molecule has 1 aromatic carbocycles. The van der Waals surface area contributed by atoms with Gasteiger partial charge in [-0.25, -0.2) is 0 Å². The number of carbonyl (C=O) groups is 1. The van der Waals surface area contributed by atoms with Gasteiger partial charge in [-0.1, -0.05) is 12.8 Å². The van der Waals surface area contributed by atoms with Gasteiger partial charge in [-0.05, 0) is 59.8 Å². The molecule has 2 aliphatic rings. The van der Waals surface area contributed by atoms with E-state index in [1.807, 2.05) is 18.2 Å². The third-order valence-electron chi connectivity index (χ3n) is 5.18. The number of benzene rings is 1. The highest BCUT2D eigenvalue weighted by molar-refractivity contribution is 9.10. The maximum Gasteiger partial charge on any atom is 0.225 e. The summed E-state index contributed by atoms with van der Waals surface area (Å²) in [4.78, 5) is 17.2. The summed E-state index contributed by atoms with van der Waals surface area (Å²) in [6.45, 7) is 3.68. The molecule has 4 nitrogen and oxygen atoms in total. The lowest BCUT2D eigenvalue weighted by molar-refractivity contribution is -0.136. The molecule has 2 saturated heterocycles. The molecule has 24 heavy (non-hydrogen) atoms. The van der Waals surface area contributed by atoms with Crippen LogP contribution in [0.1, 0.15) is 44.1 Å². The first-order valence-electron chi connectivity index (χ1n) is 8.92. The summed E-state index contributed by atoms with van der Waals surface area (Å²) >= 11 is 3.57. The number of piperidine rings is 1. The van der Waals surface area contributed by atoms with E-state index in [0.29, 0.717) is 11.5 Å². The number of likely N-dealkylation sites (tertiary alicyclic amines) is 1. The van der Waals surface area contributed by atoms with E-state index < -0.39 is 0 Å². The highest BCUT2D eigenvalue weighted by Gasteiger charge is 2.29. The Morgan fingerprint density at radius 3 is 2.33 bits per heavy atom. The van der Waals surface area contributed by atoms with E-state index in [1.54, 1.807) is 0 Å². The Balaban J connectivity index is 1.59. The minimum Gasteiger partial charge on any atom is -0.371 e. The molecule has 2 heterocycles. The number of hydrogen-bond acceptors (Lipinski definition) is 3. The number of nitrogens with zero attached hydrogens (tertiary/aromatic N) is 3. The van der Waals surface area contributed by atoms with Crippen molar-refractivity contribution in [1.82, 2.24) is 4.90 Å². The second-order valence-electron chi connectivity index (χ2n) is 6.78. The van der Waals surface area contributed by atoms with E-state index in [1.165, 1.54) is 12.8 Å². The van der Waals surface area contributed by atoms with E-state index >= 15 is 0 Å². The topological polar surface area (TPSA) is 47.3 Å². The van der Waals surface area contributed by atoms with Gasteiger partial charge in [0, 0.05) is 36.6 Å². The zero-order valence-corrected chi connectivity index (χ0v) is 15.6. The first kappa shape index (κ1) is 17.3. The van der Waals surface area contributed by atoms with E-state index in [0.717, 1.165) is 62.0 Å². The summed E-state index contributed by atoms with van der Waals surface area (Å²) in [6, 6.07) is 7.88. The largest absolute Gasteiger partial charge is 0.371 e. The first-order valence-corrected chi connectivity index (χ1v) is 9.72. The number of hydrogen-bond donors (Lipinski definition) is 0. The second kappa shape index (κ2) is 8.02. The monoisotopic (exact) mass is 389 g/mol. The number of amides is 1. The Morgan fingerprint density at radius 1 is 1.08 bits per heavy atom. The molecule has 0 unspecified atom stereocenters. The van der Waals surface area contributed by atoms with Gasteiger partial charge < -0.3 is 9.80 Å². The first-order chi connectivity index (χ1) is 11.7. The summed E-state index contributed by atoms with van der Waals surface area (Å²) in [6.07, 6.45) is 6.67. The van der Waals surface area contributed by atoms with Crippen molar-refractivity contribution in [2.45, 2.75) is 38.5 Å². The van der Waals surface area contributed by atoms with Gasteiger partial charge in [-0.15, -0.1) is 0 Å². The van der Waals surface area contributed by atoms with Crippen molar-refractivity contribution in [2.24, 2.45) is 5.92 Å². The molecular formula is C19H24BrN3O. The fourth-order valence-corrected chi connectivity index (χ4v) is 4.38. The van der Waals surface area contributed by atoms with Crippen molar-refractivity contribution >= 4 is 27.5 Å². The van der Waals surface area contributed by atoms with Crippen LogP contribution in [-0.4, -0.2) is 37.0 Å². The zero-order chi connectivity index (χ0) is 16.9. The normalized spacial score (nSPS) is 19.7. The minimum atomic E-state index is 0.177. The fourth-order valence-electron chi connectivity index (χ4n) is 3.75.